The number of rotatable bonds is 26. The first-order valence-corrected chi connectivity index (χ1v) is 32.9. The molecule has 3 saturated heterocycles. The predicted molar refractivity (Wildman–Crippen MR) is 342 cm³/mol. The van der Waals surface area contributed by atoms with Crippen LogP contribution in [0.15, 0.2) is 49.3 Å². The van der Waals surface area contributed by atoms with Gasteiger partial charge in [-0.05, 0) is 106 Å². The van der Waals surface area contributed by atoms with Crippen LogP contribution in [-0.4, -0.2) is 153 Å². The molecule has 7 amide bonds. The van der Waals surface area contributed by atoms with Crippen LogP contribution in [0.25, 0.3) is 10.6 Å². The van der Waals surface area contributed by atoms with Crippen LogP contribution in [-0.2, 0) is 68.7 Å². The van der Waals surface area contributed by atoms with Crippen molar-refractivity contribution in [2.45, 2.75) is 214 Å². The summed E-state index contributed by atoms with van der Waals surface area (Å²) in [6, 6.07) is -1.07. The Morgan fingerprint density at radius 2 is 1.40 bits per heavy atom. The van der Waals surface area contributed by atoms with Crippen molar-refractivity contribution in [3.05, 3.63) is 44.9 Å². The van der Waals surface area contributed by atoms with Gasteiger partial charge in [-0.15, -0.1) is 18.4 Å². The maximum absolute atomic E-state index is 14.4. The van der Waals surface area contributed by atoms with Crippen molar-refractivity contribution in [3.8, 4) is 0 Å². The number of fused-ring (bicyclic) bond motifs is 7. The average molecular weight is 1390 g/mol. The van der Waals surface area contributed by atoms with E-state index in [1.807, 2.05) is 59.4 Å². The summed E-state index contributed by atoms with van der Waals surface area (Å²) < 4.78 is 30.6. The zero-order valence-corrected chi connectivity index (χ0v) is 57.8. The molecule has 93 heavy (non-hydrogen) atoms. The number of carbonyl (C=O) groups is 7. The van der Waals surface area contributed by atoms with Crippen LogP contribution in [0.5, 0.6) is 0 Å². The van der Waals surface area contributed by atoms with Crippen LogP contribution in [0.3, 0.4) is 0 Å². The van der Waals surface area contributed by atoms with Gasteiger partial charge in [-0.25, -0.2) is 0 Å². The molecule has 522 valence electrons. The molecule has 0 aromatic rings. The summed E-state index contributed by atoms with van der Waals surface area (Å²) in [6.07, 6.45) is -3.99. The fourth-order valence-corrected chi connectivity index (χ4v) is 17.7. The summed E-state index contributed by atoms with van der Waals surface area (Å²) in [7, 11) is -5.28. The third-order valence-electron chi connectivity index (χ3n) is 21.9. The molecule has 0 spiro atoms. The van der Waals surface area contributed by atoms with Gasteiger partial charge in [-0.1, -0.05) is 67.6 Å². The molecule has 7 heterocycles. The van der Waals surface area contributed by atoms with Gasteiger partial charge in [-0.2, -0.15) is 5.70 Å². The van der Waals surface area contributed by atoms with E-state index in [0.29, 0.717) is 57.2 Å². The van der Waals surface area contributed by atoms with Crippen LogP contribution in [0.1, 0.15) is 160 Å². The molecule has 1 saturated carbocycles. The molecule has 7 aliphatic heterocycles. The van der Waals surface area contributed by atoms with Gasteiger partial charge in [0, 0.05) is 108 Å². The number of aliphatic imine (C=N–C) groups is 3. The van der Waals surface area contributed by atoms with E-state index in [9.17, 15) is 53.2 Å². The van der Waals surface area contributed by atoms with Crippen LogP contribution < -0.4 is 44.6 Å². The Bertz CT molecular complexity index is 3170. The maximum Gasteiger partial charge on any atom is 3.00 e. The molecule has 8 bridgehead atoms. The Labute approximate surface area is 560 Å². The molecule has 4 fully saturated rings. The molecule has 8 aliphatic rings. The molecular formula is C62H97ClCoN13O15P-. The Balaban J connectivity index is 0.00000523. The van der Waals surface area contributed by atoms with E-state index in [0.717, 1.165) is 12.8 Å². The number of nitrogens with one attached hydrogen (secondary N) is 1. The second-order valence-corrected chi connectivity index (χ2v) is 29.6. The van der Waals surface area contributed by atoms with Crippen molar-refractivity contribution >= 4 is 78.7 Å². The van der Waals surface area contributed by atoms with E-state index in [4.69, 9.17) is 73.8 Å². The summed E-state index contributed by atoms with van der Waals surface area (Å²) in [4.78, 5) is 125. The summed E-state index contributed by atoms with van der Waals surface area (Å²) in [6.45, 7) is 19.9. The Morgan fingerprint density at radius 1 is 0.817 bits per heavy atom. The molecule has 8 rings (SSSR count). The van der Waals surface area contributed by atoms with Crippen molar-refractivity contribution in [2.75, 3.05) is 19.8 Å². The fraction of sp³-hybridized carbons (Fsp3) is 0.742. The molecule has 19 unspecified atom stereocenters. The van der Waals surface area contributed by atoms with Gasteiger partial charge < -0.3 is 84.7 Å². The molecule has 31 heteroatoms. The van der Waals surface area contributed by atoms with Crippen LogP contribution >= 0.6 is 20.2 Å². The quantitative estimate of drug-likeness (QED) is 0.0562. The van der Waals surface area contributed by atoms with Crippen LogP contribution in [0.4, 0.5) is 0 Å². The van der Waals surface area contributed by atoms with Crippen LogP contribution in [0.2, 0.25) is 0 Å². The van der Waals surface area contributed by atoms with Gasteiger partial charge in [0.1, 0.15) is 24.5 Å². The molecule has 1 aliphatic carbocycles. The molecule has 16 N–H and O–H groups in total. The molecule has 28 nitrogen and oxygen atoms in total. The minimum absolute atomic E-state index is 0. The van der Waals surface area contributed by atoms with E-state index in [1.165, 1.54) is 6.92 Å². The number of aliphatic hydroxyl groups is 2. The first-order valence-electron chi connectivity index (χ1n) is 31.5. The summed E-state index contributed by atoms with van der Waals surface area (Å²) >= 11 is 0. The van der Waals surface area contributed by atoms with Crippen LogP contribution in [0, 0.1) is 57.2 Å². The standard InChI is InChI=1S/C62H97N13O14P.ClH.Co.H2O/c1-29-20-39-40(21-30(29)2)75(28-70-39)57-52(84)53(41(27-76)87-57)89-90(85,86)88-31(3)26-69-49(83)18-19-59(8)37(22-46(66)80)56-62(11)61(10,25-48(68)82)36(14-17-45(65)79)51(74-62)33(5)55-60(9,24-47(67)81)34(12-15-43(63)77)38(71-55)23-42-58(6,7)35(13-16-44(64)78)50(72-42)32(4)54(59)73-56;;;/h23,29-31,34-37,39-41,52-53,56-57,76,84H,12-22,24-28H2,1-11H3,(H15,63,64,65,66,67,68,69,71,72,73,74,77,78,79,80,81,82,83,85,86);1H;;1H2/q-1;;+3;/p-3. The fourth-order valence-electron chi connectivity index (χ4n) is 16.5. The average Bonchev–Trinajstić information content (AvgIpc) is 1.53. The second kappa shape index (κ2) is 29.8. The molecule has 0 aromatic carbocycles. The Morgan fingerprint density at radius 3 is 1.97 bits per heavy atom. The first kappa shape index (κ1) is 78.7. The van der Waals surface area contributed by atoms with Crippen molar-refractivity contribution < 1.29 is 89.3 Å². The van der Waals surface area contributed by atoms with E-state index in [2.05, 4.69) is 19.2 Å². The number of amides is 7. The number of aliphatic hydroxyl groups excluding tert-OH is 2. The van der Waals surface area contributed by atoms with Gasteiger partial charge in [0.2, 0.25) is 41.4 Å². The smallest absolute Gasteiger partial charge is 0.870 e. The van der Waals surface area contributed by atoms with E-state index in [-0.39, 0.29) is 131 Å². The normalized spacial score (nSPS) is 38.1. The zero-order chi connectivity index (χ0) is 66.7. The molecule has 19 atom stereocenters. The number of halogens is 1. The Hall–Kier alpha value is -5.01. The topological polar surface area (TPSA) is 494 Å². The third-order valence-corrected chi connectivity index (χ3v) is 23.0. The van der Waals surface area contributed by atoms with E-state index in [1.54, 1.807) is 6.92 Å². The number of phosphoric ester groups is 1. The number of carbonyl (C=O) groups excluding carboxylic acids is 7. The van der Waals surface area contributed by atoms with Crippen molar-refractivity contribution in [1.82, 2.24) is 10.2 Å². The van der Waals surface area contributed by atoms with E-state index < -0.39 is 143 Å². The minimum atomic E-state index is -5.28. The van der Waals surface area contributed by atoms with Gasteiger partial charge in [-0.3, -0.25) is 58.0 Å². The number of phosphoric acid groups is 1. The van der Waals surface area contributed by atoms with Gasteiger partial charge in [0.15, 0.2) is 0 Å². The molecule has 0 aromatic heterocycles. The summed E-state index contributed by atoms with van der Waals surface area (Å²) in [5, 5.41) is 35.0. The Kier molecular flexibility index (Phi) is 25.2. The first-order chi connectivity index (χ1) is 41.8. The number of hydrogen-bond acceptors (Lipinski definition) is 19. The van der Waals surface area contributed by atoms with Crippen molar-refractivity contribution in [1.29, 1.82) is 0 Å². The summed E-state index contributed by atoms with van der Waals surface area (Å²) in [5.41, 5.74) is 33.7. The molecule has 0 radical (unpaired) electrons. The molecular weight excluding hydrogens is 1290 g/mol. The number of allylic oxidation sites excluding steroid dienone is 6. The largest absolute Gasteiger partial charge is 3.00 e. The van der Waals surface area contributed by atoms with Gasteiger partial charge >= 0.3 is 16.8 Å². The van der Waals surface area contributed by atoms with Crippen molar-refractivity contribution in [3.63, 3.8) is 0 Å². The SMILES string of the molecule is C/C1=C2N=C(/C=C3N=C(/C(C)=C4\[N-]C(C(CC(N)=O)C4(C)CCC(=O)NCC(C)OP(=O)([O-])OC4C(CO)OC(N5C[N-]C6CC(C)C(C)CC65)C4O)C4(C)N=C1C(CCC(N)=O)C4(C)CC(N)=O)C(CCC(N)=O)C\3(C)C)C(CCC(N)=O)C/2(C)CC(N)=O.Cl.[Co+3].[OH-]. The maximum atomic E-state index is 14.4. The third kappa shape index (κ3) is 15.4. The number of hydrogen-bond donors (Lipinski definition) is 9. The van der Waals surface area contributed by atoms with Gasteiger partial charge in [0.25, 0.3) is 7.82 Å². The number of primary amides is 6. The van der Waals surface area contributed by atoms with Crippen molar-refractivity contribution in [2.24, 2.45) is 107 Å². The number of ether oxygens (including phenoxy) is 1. The number of nitrogens with two attached hydrogens (primary N) is 6. The predicted octanol–water partition coefficient (Wildman–Crippen LogP) is 3.17. The number of nitrogens with zero attached hydrogens (tertiary/aromatic N) is 6. The van der Waals surface area contributed by atoms with Gasteiger partial charge in [0.05, 0.1) is 23.9 Å². The zero-order valence-electron chi connectivity index (χ0n) is 55.1. The van der Waals surface area contributed by atoms with E-state index >= 15 is 0 Å². The summed E-state index contributed by atoms with van der Waals surface area (Å²) in [5.74, 6) is -6.50. The monoisotopic (exact) mass is 1390 g/mol. The minimum Gasteiger partial charge on any atom is -0.870 e. The second-order valence-electron chi connectivity index (χ2n) is 28.3.